The topological polar surface area (TPSA) is 85.2 Å². The smallest absolute Gasteiger partial charge is 0.358 e. The molecule has 2 aromatic rings. The van der Waals surface area contributed by atoms with Crippen molar-refractivity contribution < 1.29 is 14.6 Å². The van der Waals surface area contributed by atoms with Crippen LogP contribution in [0.3, 0.4) is 0 Å². The van der Waals surface area contributed by atoms with Crippen LogP contribution < -0.4 is 4.74 Å². The number of carboxylic acid groups (broad SMARTS) is 1. The van der Waals surface area contributed by atoms with Gasteiger partial charge in [0.15, 0.2) is 11.4 Å². The average molecular weight is 307 g/mol. The lowest BCUT2D eigenvalue weighted by Crippen LogP contribution is -2.11. The number of hydrogen-bond acceptors (Lipinski definition) is 6. The summed E-state index contributed by atoms with van der Waals surface area (Å²) in [6, 6.07) is 0. The summed E-state index contributed by atoms with van der Waals surface area (Å²) in [4.78, 5) is 24.8. The normalized spacial score (nSPS) is 10.9. The summed E-state index contributed by atoms with van der Waals surface area (Å²) in [7, 11) is 0. The van der Waals surface area contributed by atoms with E-state index in [0.717, 1.165) is 10.6 Å². The average Bonchev–Trinajstić information content (AvgIpc) is 2.84. The zero-order valence-electron chi connectivity index (χ0n) is 12.2. The fraction of sp³-hybridized carbons (Fsp3) is 0.429. The largest absolute Gasteiger partial charge is 0.489 e. The molecule has 0 fully saturated rings. The molecule has 6 nitrogen and oxygen atoms in total. The summed E-state index contributed by atoms with van der Waals surface area (Å²) in [6.07, 6.45) is 2.12. The molecule has 0 atom stereocenters. The van der Waals surface area contributed by atoms with Gasteiger partial charge in [0, 0.05) is 17.2 Å². The Hall–Kier alpha value is -2.02. The Labute approximate surface area is 126 Å². The van der Waals surface area contributed by atoms with E-state index in [1.165, 1.54) is 6.20 Å². The van der Waals surface area contributed by atoms with Crippen LogP contribution in [-0.4, -0.2) is 32.6 Å². The Kier molecular flexibility index (Phi) is 4.85. The van der Waals surface area contributed by atoms with E-state index in [4.69, 9.17) is 4.74 Å². The van der Waals surface area contributed by atoms with Gasteiger partial charge in [0.1, 0.15) is 5.82 Å². The van der Waals surface area contributed by atoms with E-state index < -0.39 is 5.97 Å². The molecule has 112 valence electrons. The van der Waals surface area contributed by atoms with E-state index >= 15 is 0 Å². The molecule has 2 heterocycles. The van der Waals surface area contributed by atoms with Gasteiger partial charge in [0.05, 0.1) is 24.0 Å². The van der Waals surface area contributed by atoms with Crippen molar-refractivity contribution >= 4 is 17.3 Å². The molecule has 7 heteroatoms. The van der Waals surface area contributed by atoms with Gasteiger partial charge in [-0.2, -0.15) is 0 Å². The van der Waals surface area contributed by atoms with Crippen molar-refractivity contribution in [2.45, 2.75) is 33.1 Å². The van der Waals surface area contributed by atoms with E-state index in [1.807, 2.05) is 20.8 Å². The third-order valence-corrected chi connectivity index (χ3v) is 3.92. The maximum absolute atomic E-state index is 11.3. The predicted octanol–water partition coefficient (Wildman–Crippen LogP) is 2.68. The molecule has 0 bridgehead atoms. The number of hydrogen-bond donors (Lipinski definition) is 1. The fourth-order valence-corrected chi connectivity index (χ4v) is 2.50. The highest BCUT2D eigenvalue weighted by molar-refractivity contribution is 7.09. The first-order valence-corrected chi connectivity index (χ1v) is 7.49. The van der Waals surface area contributed by atoms with E-state index in [0.29, 0.717) is 18.9 Å². The number of rotatable bonds is 6. The second kappa shape index (κ2) is 6.62. The molecular formula is C14H17N3O3S. The first kappa shape index (κ1) is 15.4. The van der Waals surface area contributed by atoms with Gasteiger partial charge in [-0.3, -0.25) is 0 Å². The third-order valence-electron chi connectivity index (χ3n) is 2.92. The maximum atomic E-state index is 11.3. The van der Waals surface area contributed by atoms with Crippen LogP contribution >= 0.6 is 11.3 Å². The number of ether oxygens (including phenoxy) is 1. The van der Waals surface area contributed by atoms with Crippen LogP contribution in [0, 0.1) is 6.92 Å². The van der Waals surface area contributed by atoms with Gasteiger partial charge < -0.3 is 9.84 Å². The van der Waals surface area contributed by atoms with Crippen LogP contribution in [0.15, 0.2) is 11.7 Å². The van der Waals surface area contributed by atoms with Gasteiger partial charge in [-0.15, -0.1) is 11.3 Å². The van der Waals surface area contributed by atoms with Crippen molar-refractivity contribution in [3.8, 4) is 5.75 Å². The number of aromatic carboxylic acids is 1. The third kappa shape index (κ3) is 3.75. The molecule has 2 rings (SSSR count). The first-order valence-electron chi connectivity index (χ1n) is 6.61. The van der Waals surface area contributed by atoms with Crippen LogP contribution in [0.5, 0.6) is 5.75 Å². The predicted molar refractivity (Wildman–Crippen MR) is 79.1 cm³/mol. The standard InChI is InChI=1S/C14H17N3O3S/c1-8(2)13-15-6-10(12(17-13)14(18)19)20-5-4-11-9(3)16-7-21-11/h6-8H,4-5H2,1-3H3,(H,18,19). The summed E-state index contributed by atoms with van der Waals surface area (Å²) >= 11 is 1.56. The summed E-state index contributed by atoms with van der Waals surface area (Å²) in [5.41, 5.74) is 2.68. The quantitative estimate of drug-likeness (QED) is 0.883. The molecule has 1 N–H and O–H groups in total. The molecule has 0 saturated carbocycles. The summed E-state index contributed by atoms with van der Waals surface area (Å²) in [5.74, 6) is -0.340. The Morgan fingerprint density at radius 1 is 1.43 bits per heavy atom. The van der Waals surface area contributed by atoms with Crippen molar-refractivity contribution in [1.82, 2.24) is 15.0 Å². The van der Waals surface area contributed by atoms with Gasteiger partial charge in [-0.25, -0.2) is 19.7 Å². The minimum Gasteiger partial charge on any atom is -0.489 e. The molecule has 0 spiro atoms. The monoisotopic (exact) mass is 307 g/mol. The number of nitrogens with zero attached hydrogens (tertiary/aromatic N) is 3. The second-order valence-corrected chi connectivity index (χ2v) is 5.80. The van der Waals surface area contributed by atoms with Crippen molar-refractivity contribution in [3.05, 3.63) is 33.8 Å². The van der Waals surface area contributed by atoms with Crippen LogP contribution in [0.1, 0.15) is 46.6 Å². The Bertz CT molecular complexity index is 640. The molecular weight excluding hydrogens is 290 g/mol. The lowest BCUT2D eigenvalue weighted by atomic mass is 10.2. The van der Waals surface area contributed by atoms with E-state index in [9.17, 15) is 9.90 Å². The molecule has 21 heavy (non-hydrogen) atoms. The highest BCUT2D eigenvalue weighted by Gasteiger charge is 2.17. The molecule has 0 aliphatic heterocycles. The zero-order chi connectivity index (χ0) is 15.4. The number of carbonyl (C=O) groups is 1. The highest BCUT2D eigenvalue weighted by Crippen LogP contribution is 2.19. The Morgan fingerprint density at radius 2 is 2.19 bits per heavy atom. The van der Waals surface area contributed by atoms with E-state index in [1.54, 1.807) is 16.8 Å². The fourth-order valence-electron chi connectivity index (χ4n) is 1.74. The lowest BCUT2D eigenvalue weighted by Gasteiger charge is -2.10. The number of carboxylic acids is 1. The molecule has 2 aromatic heterocycles. The Morgan fingerprint density at radius 3 is 2.76 bits per heavy atom. The second-order valence-electron chi connectivity index (χ2n) is 4.86. The number of aryl methyl sites for hydroxylation is 1. The van der Waals surface area contributed by atoms with Crippen LogP contribution in [0.4, 0.5) is 0 Å². The van der Waals surface area contributed by atoms with Gasteiger partial charge in [0.25, 0.3) is 0 Å². The summed E-state index contributed by atoms with van der Waals surface area (Å²) < 4.78 is 5.53. The zero-order valence-corrected chi connectivity index (χ0v) is 13.0. The molecule has 0 aromatic carbocycles. The first-order chi connectivity index (χ1) is 9.99. The number of thiazole rings is 1. The SMILES string of the molecule is Cc1ncsc1CCOc1cnc(C(C)C)nc1C(=O)O. The van der Waals surface area contributed by atoms with Gasteiger partial charge in [-0.05, 0) is 6.92 Å². The minimum absolute atomic E-state index is 0.0667. The van der Waals surface area contributed by atoms with Crippen LogP contribution in [-0.2, 0) is 6.42 Å². The van der Waals surface area contributed by atoms with Crippen molar-refractivity contribution in [1.29, 1.82) is 0 Å². The highest BCUT2D eigenvalue weighted by atomic mass is 32.1. The van der Waals surface area contributed by atoms with Gasteiger partial charge in [-0.1, -0.05) is 13.8 Å². The Balaban J connectivity index is 2.09. The van der Waals surface area contributed by atoms with E-state index in [2.05, 4.69) is 15.0 Å². The van der Waals surface area contributed by atoms with Crippen molar-refractivity contribution in [2.75, 3.05) is 6.61 Å². The van der Waals surface area contributed by atoms with E-state index in [-0.39, 0.29) is 17.4 Å². The molecule has 0 unspecified atom stereocenters. The summed E-state index contributed by atoms with van der Waals surface area (Å²) in [5, 5.41) is 9.22. The lowest BCUT2D eigenvalue weighted by molar-refractivity contribution is 0.0684. The molecule has 0 saturated heterocycles. The van der Waals surface area contributed by atoms with Crippen molar-refractivity contribution in [2.24, 2.45) is 0 Å². The molecule has 0 aliphatic rings. The minimum atomic E-state index is -1.11. The van der Waals surface area contributed by atoms with Crippen LogP contribution in [0.2, 0.25) is 0 Å². The summed E-state index contributed by atoms with van der Waals surface area (Å²) in [6.45, 7) is 6.13. The number of aromatic nitrogens is 3. The van der Waals surface area contributed by atoms with Gasteiger partial charge in [0.2, 0.25) is 0 Å². The van der Waals surface area contributed by atoms with Crippen LogP contribution in [0.25, 0.3) is 0 Å². The van der Waals surface area contributed by atoms with Crippen molar-refractivity contribution in [3.63, 3.8) is 0 Å². The molecule has 0 amide bonds. The molecule has 0 radical (unpaired) electrons. The maximum Gasteiger partial charge on any atom is 0.358 e. The van der Waals surface area contributed by atoms with Gasteiger partial charge >= 0.3 is 5.97 Å². The molecule has 0 aliphatic carbocycles.